The number of hydrogen-bond donors (Lipinski definition) is 2. The van der Waals surface area contributed by atoms with Crippen LogP contribution < -0.4 is 10.0 Å². The lowest BCUT2D eigenvalue weighted by atomic mass is 10.1. The predicted molar refractivity (Wildman–Crippen MR) is 121 cm³/mol. The molecule has 1 amide bonds. The van der Waals surface area contributed by atoms with Crippen LogP contribution in [0.25, 0.3) is 0 Å². The number of esters is 1. The SMILES string of the molecule is CC(C)[C@H](NS(=O)(=O)c1ccccc1F)C(=O)O[C@@H](C)C(=O)Nc1cc(Cl)c(Cl)cc1Cl. The lowest BCUT2D eigenvalue weighted by molar-refractivity contribution is -0.155. The van der Waals surface area contributed by atoms with Gasteiger partial charge in [0.1, 0.15) is 16.8 Å². The van der Waals surface area contributed by atoms with E-state index in [4.69, 9.17) is 39.5 Å². The molecule has 2 aromatic rings. The fraction of sp³-hybridized carbons (Fsp3) is 0.300. The number of nitrogens with one attached hydrogen (secondary N) is 2. The normalized spacial score (nSPS) is 13.5. The Morgan fingerprint density at radius 3 is 2.19 bits per heavy atom. The monoisotopic (exact) mass is 524 g/mol. The smallest absolute Gasteiger partial charge is 0.325 e. The number of carbonyl (C=O) groups is 2. The van der Waals surface area contributed by atoms with E-state index in [9.17, 15) is 22.4 Å². The number of ether oxygens (including phenoxy) is 1. The molecule has 0 bridgehead atoms. The Labute approximate surface area is 200 Å². The fourth-order valence-electron chi connectivity index (χ4n) is 2.50. The first-order valence-corrected chi connectivity index (χ1v) is 11.9. The van der Waals surface area contributed by atoms with Crippen molar-refractivity contribution >= 4 is 62.4 Å². The highest BCUT2D eigenvalue weighted by Crippen LogP contribution is 2.32. The second-order valence-electron chi connectivity index (χ2n) is 7.09. The summed E-state index contributed by atoms with van der Waals surface area (Å²) in [6.45, 7) is 4.42. The minimum atomic E-state index is -4.37. The van der Waals surface area contributed by atoms with Crippen molar-refractivity contribution in [1.82, 2.24) is 4.72 Å². The average molecular weight is 526 g/mol. The summed E-state index contributed by atoms with van der Waals surface area (Å²) in [5.74, 6) is -3.29. The zero-order valence-electron chi connectivity index (χ0n) is 17.2. The lowest BCUT2D eigenvalue weighted by Gasteiger charge is -2.23. The Kier molecular flexibility index (Phi) is 8.90. The third-order valence-electron chi connectivity index (χ3n) is 4.26. The lowest BCUT2D eigenvalue weighted by Crippen LogP contribution is -2.47. The largest absolute Gasteiger partial charge is 0.451 e. The van der Waals surface area contributed by atoms with E-state index in [1.54, 1.807) is 13.8 Å². The zero-order valence-corrected chi connectivity index (χ0v) is 20.2. The molecule has 32 heavy (non-hydrogen) atoms. The first-order chi connectivity index (χ1) is 14.8. The van der Waals surface area contributed by atoms with Crippen LogP contribution in [0.4, 0.5) is 10.1 Å². The maximum Gasteiger partial charge on any atom is 0.325 e. The molecule has 0 heterocycles. The molecule has 0 fully saturated rings. The summed E-state index contributed by atoms with van der Waals surface area (Å²) in [6, 6.07) is 6.03. The fourth-order valence-corrected chi connectivity index (χ4v) is 4.51. The molecule has 2 N–H and O–H groups in total. The predicted octanol–water partition coefficient (Wildman–Crippen LogP) is 4.66. The number of halogens is 4. The maximum atomic E-state index is 13.9. The third-order valence-corrected chi connectivity index (χ3v) is 6.77. The van der Waals surface area contributed by atoms with E-state index in [2.05, 4.69) is 10.0 Å². The molecule has 0 aliphatic heterocycles. The molecule has 0 saturated heterocycles. The van der Waals surface area contributed by atoms with E-state index in [1.807, 2.05) is 0 Å². The molecule has 0 radical (unpaired) electrons. The van der Waals surface area contributed by atoms with Crippen LogP contribution in [0.15, 0.2) is 41.3 Å². The Morgan fingerprint density at radius 1 is 1.00 bits per heavy atom. The first kappa shape index (κ1) is 26.3. The minimum absolute atomic E-state index is 0.115. The van der Waals surface area contributed by atoms with Crippen LogP contribution in [-0.2, 0) is 24.3 Å². The number of amides is 1. The van der Waals surface area contributed by atoms with Gasteiger partial charge in [-0.15, -0.1) is 0 Å². The van der Waals surface area contributed by atoms with E-state index in [1.165, 1.54) is 31.2 Å². The highest BCUT2D eigenvalue weighted by molar-refractivity contribution is 7.89. The summed E-state index contributed by atoms with van der Waals surface area (Å²) in [5.41, 5.74) is 0.148. The van der Waals surface area contributed by atoms with Crippen LogP contribution in [-0.4, -0.2) is 32.4 Å². The minimum Gasteiger partial charge on any atom is -0.451 e. The molecule has 0 aliphatic carbocycles. The van der Waals surface area contributed by atoms with Crippen LogP contribution in [0.1, 0.15) is 20.8 Å². The summed E-state index contributed by atoms with van der Waals surface area (Å²) in [7, 11) is -4.37. The Balaban J connectivity index is 2.13. The van der Waals surface area contributed by atoms with E-state index < -0.39 is 50.7 Å². The van der Waals surface area contributed by atoms with Crippen LogP contribution >= 0.6 is 34.8 Å². The molecule has 7 nitrogen and oxygen atoms in total. The van der Waals surface area contributed by atoms with Gasteiger partial charge in [-0.3, -0.25) is 9.59 Å². The van der Waals surface area contributed by atoms with Gasteiger partial charge in [0.25, 0.3) is 5.91 Å². The second-order valence-corrected chi connectivity index (χ2v) is 9.99. The van der Waals surface area contributed by atoms with Gasteiger partial charge in [-0.2, -0.15) is 4.72 Å². The topological polar surface area (TPSA) is 102 Å². The van der Waals surface area contributed by atoms with Crippen molar-refractivity contribution < 1.29 is 27.1 Å². The van der Waals surface area contributed by atoms with Gasteiger partial charge in [0.15, 0.2) is 6.10 Å². The van der Waals surface area contributed by atoms with Gasteiger partial charge in [0.2, 0.25) is 10.0 Å². The highest BCUT2D eigenvalue weighted by atomic mass is 35.5. The Hall–Kier alpha value is -1.91. The molecule has 0 unspecified atom stereocenters. The van der Waals surface area contributed by atoms with E-state index in [-0.39, 0.29) is 20.8 Å². The van der Waals surface area contributed by atoms with Gasteiger partial charge in [0, 0.05) is 0 Å². The summed E-state index contributed by atoms with van der Waals surface area (Å²) in [5, 5.41) is 2.91. The van der Waals surface area contributed by atoms with Gasteiger partial charge in [0.05, 0.1) is 20.8 Å². The molecule has 0 spiro atoms. The van der Waals surface area contributed by atoms with E-state index in [0.29, 0.717) is 0 Å². The third kappa shape index (κ3) is 6.55. The van der Waals surface area contributed by atoms with Crippen LogP contribution in [0.3, 0.4) is 0 Å². The summed E-state index contributed by atoms with van der Waals surface area (Å²) < 4.78 is 46.3. The molecule has 2 atom stereocenters. The van der Waals surface area contributed by atoms with Crippen molar-refractivity contribution in [3.8, 4) is 0 Å². The van der Waals surface area contributed by atoms with Crippen LogP contribution in [0.5, 0.6) is 0 Å². The number of anilines is 1. The summed E-state index contributed by atoms with van der Waals surface area (Å²) in [6.07, 6.45) is -1.31. The van der Waals surface area contributed by atoms with Crippen LogP contribution in [0.2, 0.25) is 15.1 Å². The van der Waals surface area contributed by atoms with E-state index >= 15 is 0 Å². The van der Waals surface area contributed by atoms with Gasteiger partial charge >= 0.3 is 5.97 Å². The Morgan fingerprint density at radius 2 is 1.59 bits per heavy atom. The number of rotatable bonds is 8. The van der Waals surface area contributed by atoms with E-state index in [0.717, 1.165) is 12.1 Å². The molecule has 2 rings (SSSR count). The summed E-state index contributed by atoms with van der Waals surface area (Å²) >= 11 is 17.8. The maximum absolute atomic E-state index is 13.9. The van der Waals surface area contributed by atoms with Crippen molar-refractivity contribution in [2.24, 2.45) is 5.92 Å². The van der Waals surface area contributed by atoms with Gasteiger partial charge in [-0.05, 0) is 37.1 Å². The molecule has 2 aromatic carbocycles. The second kappa shape index (κ2) is 10.8. The molecule has 12 heteroatoms. The molecular formula is C20H20Cl3FN2O5S. The van der Waals surface area contributed by atoms with Crippen molar-refractivity contribution in [3.63, 3.8) is 0 Å². The quantitative estimate of drug-likeness (QED) is 0.386. The molecule has 0 aliphatic rings. The van der Waals surface area contributed by atoms with Crippen molar-refractivity contribution in [3.05, 3.63) is 57.3 Å². The van der Waals surface area contributed by atoms with Crippen molar-refractivity contribution in [2.45, 2.75) is 37.8 Å². The molecular weight excluding hydrogens is 506 g/mol. The van der Waals surface area contributed by atoms with Gasteiger partial charge in [-0.1, -0.05) is 60.8 Å². The van der Waals surface area contributed by atoms with Crippen LogP contribution in [0, 0.1) is 11.7 Å². The van der Waals surface area contributed by atoms with Crippen molar-refractivity contribution in [2.75, 3.05) is 5.32 Å². The molecule has 0 aromatic heterocycles. The van der Waals surface area contributed by atoms with Gasteiger partial charge < -0.3 is 10.1 Å². The Bertz CT molecular complexity index is 1130. The van der Waals surface area contributed by atoms with Crippen molar-refractivity contribution in [1.29, 1.82) is 0 Å². The number of hydrogen-bond acceptors (Lipinski definition) is 5. The standard InChI is InChI=1S/C20H20Cl3FN2O5S/c1-10(2)18(26-32(29,30)17-7-5-4-6-15(17)24)20(28)31-11(3)19(27)25-16-9-13(22)12(21)8-14(16)23/h4-11,18,26H,1-3H3,(H,25,27)/t11-,18-/m0/s1. The zero-order chi connectivity index (χ0) is 24.2. The summed E-state index contributed by atoms with van der Waals surface area (Å²) in [4.78, 5) is 24.4. The molecule has 0 saturated carbocycles. The average Bonchev–Trinajstić information content (AvgIpc) is 2.70. The number of benzene rings is 2. The number of carbonyl (C=O) groups excluding carboxylic acids is 2. The molecule has 174 valence electrons. The number of sulfonamides is 1. The first-order valence-electron chi connectivity index (χ1n) is 9.26. The van der Waals surface area contributed by atoms with Gasteiger partial charge in [-0.25, -0.2) is 12.8 Å². The highest BCUT2D eigenvalue weighted by Gasteiger charge is 2.33.